The van der Waals surface area contributed by atoms with Crippen molar-refractivity contribution in [2.75, 3.05) is 27.2 Å². The van der Waals surface area contributed by atoms with Crippen LogP contribution in [0.3, 0.4) is 0 Å². The Morgan fingerprint density at radius 1 is 0.429 bits per heavy atom. The fraction of sp³-hybridized carbons (Fsp3) is 0.833. The van der Waals surface area contributed by atoms with Crippen LogP contribution >= 0.6 is 15.6 Å². The van der Waals surface area contributed by atoms with Crippen molar-refractivity contribution in [3.05, 3.63) is 0 Å². The van der Waals surface area contributed by atoms with Crippen molar-refractivity contribution in [1.29, 1.82) is 0 Å². The number of carbonyl (C=O) groups is 4. The second-order valence-electron chi connectivity index (χ2n) is 12.7. The maximum absolute atomic E-state index is 11.4. The van der Waals surface area contributed by atoms with Crippen LogP contribution in [0, 0.1) is 21.7 Å². The van der Waals surface area contributed by atoms with Gasteiger partial charge in [-0.05, 0) is 83.1 Å². The van der Waals surface area contributed by atoms with Crippen LogP contribution in [0.2, 0.25) is 0 Å². The van der Waals surface area contributed by atoms with Gasteiger partial charge in [0.1, 0.15) is 0 Å². The smallest absolute Gasteiger partial charge is 0.437 e. The Kier molecular flexibility index (Phi) is 16.9. The molecule has 0 aromatic rings. The van der Waals surface area contributed by atoms with Gasteiger partial charge in [0.05, 0.1) is 21.7 Å². The first-order valence-corrected chi connectivity index (χ1v) is 15.4. The molecule has 0 aromatic heterocycles. The predicted octanol–water partition coefficient (Wildman–Crippen LogP) is 4.43. The molecule has 0 fully saturated rings. The van der Waals surface area contributed by atoms with Crippen molar-refractivity contribution >= 4 is 39.5 Å². The predicted molar refractivity (Wildman–Crippen MR) is 146 cm³/mol. The third-order valence-corrected chi connectivity index (χ3v) is 5.80. The van der Waals surface area contributed by atoms with E-state index in [1.807, 2.05) is 0 Å². The number of phosphoric acid groups is 2. The fourth-order valence-corrected chi connectivity index (χ4v) is 2.42. The minimum absolute atomic E-state index is 0.596. The second-order valence-corrected chi connectivity index (χ2v) is 15.6. The van der Waals surface area contributed by atoms with E-state index in [9.17, 15) is 38.1 Å². The fourth-order valence-electron chi connectivity index (χ4n) is 1.53. The van der Waals surface area contributed by atoms with Crippen LogP contribution in [0.4, 0.5) is 0 Å². The maximum Gasteiger partial charge on any atom is 0.478 e. The molecule has 0 spiro atoms. The van der Waals surface area contributed by atoms with E-state index in [1.165, 1.54) is 0 Å². The zero-order valence-corrected chi connectivity index (χ0v) is 28.1. The lowest BCUT2D eigenvalue weighted by Crippen LogP contribution is -2.24. The number of rotatable bonds is 12. The number of phosphoric ester groups is 2. The third-order valence-electron chi connectivity index (χ3n) is 4.07. The van der Waals surface area contributed by atoms with E-state index in [2.05, 4.69) is 37.0 Å². The van der Waals surface area contributed by atoms with E-state index in [-0.39, 0.29) is 0 Å². The van der Waals surface area contributed by atoms with Gasteiger partial charge in [-0.25, -0.2) is 27.2 Å². The van der Waals surface area contributed by atoms with Crippen LogP contribution in [0.1, 0.15) is 83.1 Å². The van der Waals surface area contributed by atoms with Crippen molar-refractivity contribution in [1.82, 2.24) is 0 Å². The van der Waals surface area contributed by atoms with Gasteiger partial charge in [-0.2, -0.15) is 0 Å². The number of ether oxygens (including phenoxy) is 4. The molecule has 16 nitrogen and oxygen atoms in total. The molecule has 0 unspecified atom stereocenters. The molecule has 0 atom stereocenters. The van der Waals surface area contributed by atoms with E-state index < -0.39 is 88.4 Å². The topological polar surface area (TPSA) is 217 Å². The van der Waals surface area contributed by atoms with Crippen LogP contribution in [-0.4, -0.2) is 60.8 Å². The summed E-state index contributed by atoms with van der Waals surface area (Å²) >= 11 is 0. The summed E-state index contributed by atoms with van der Waals surface area (Å²) in [5.74, 6) is -2.38. The molecule has 0 aliphatic carbocycles. The molecular weight excluding hydrogens is 606 g/mol. The van der Waals surface area contributed by atoms with Crippen molar-refractivity contribution in [3.63, 3.8) is 0 Å². The lowest BCUT2D eigenvalue weighted by atomic mass is 9.98. The van der Waals surface area contributed by atoms with Crippen molar-refractivity contribution in [3.8, 4) is 0 Å². The summed E-state index contributed by atoms with van der Waals surface area (Å²) < 4.78 is 59.0. The summed E-state index contributed by atoms with van der Waals surface area (Å²) in [7, 11) is -8.93. The molecule has 0 radical (unpaired) electrons. The normalized spacial score (nSPS) is 12.9. The first-order chi connectivity index (χ1) is 18.5. The van der Waals surface area contributed by atoms with E-state index in [4.69, 9.17) is 0 Å². The molecular formula is C24H46O16P2. The van der Waals surface area contributed by atoms with Gasteiger partial charge in [0.15, 0.2) is 0 Å². The van der Waals surface area contributed by atoms with Crippen LogP contribution in [0.15, 0.2) is 0 Å². The van der Waals surface area contributed by atoms with Crippen molar-refractivity contribution < 1.29 is 75.1 Å². The average Bonchev–Trinajstić information content (AvgIpc) is 2.76. The monoisotopic (exact) mass is 652 g/mol. The Morgan fingerprint density at radius 2 is 0.571 bits per heavy atom. The highest BCUT2D eigenvalue weighted by molar-refractivity contribution is 7.47. The first-order valence-electron chi connectivity index (χ1n) is 12.4. The van der Waals surface area contributed by atoms with Crippen LogP contribution in [-0.2, 0) is 65.4 Å². The van der Waals surface area contributed by atoms with Gasteiger partial charge < -0.3 is 28.7 Å². The zero-order valence-electron chi connectivity index (χ0n) is 26.3. The van der Waals surface area contributed by atoms with E-state index in [0.29, 0.717) is 0 Å². The Bertz CT molecular complexity index is 844. The minimum atomic E-state index is -4.46. The standard InChI is InChI=1S/2C12H23O8P/c2*1-11(2,3)9(13)17-7-19-21(15,16)20-8-18-10(14)12(4,5)6/h2*7-8H2,1-6H3,(H,15,16). The van der Waals surface area contributed by atoms with Gasteiger partial charge in [0.2, 0.25) is 27.2 Å². The molecule has 0 saturated heterocycles. The quantitative estimate of drug-likeness (QED) is 0.129. The number of hydrogen-bond donors (Lipinski definition) is 2. The third kappa shape index (κ3) is 20.9. The number of carbonyl (C=O) groups excluding carboxylic acids is 4. The molecule has 0 aliphatic rings. The molecule has 2 N–H and O–H groups in total. The molecule has 248 valence electrons. The van der Waals surface area contributed by atoms with Gasteiger partial charge in [0, 0.05) is 0 Å². The molecule has 0 amide bonds. The average molecular weight is 653 g/mol. The van der Waals surface area contributed by atoms with E-state index in [1.54, 1.807) is 83.1 Å². The van der Waals surface area contributed by atoms with Gasteiger partial charge in [-0.1, -0.05) is 0 Å². The zero-order chi connectivity index (χ0) is 33.8. The highest BCUT2D eigenvalue weighted by Gasteiger charge is 2.30. The molecule has 18 heteroatoms. The molecule has 0 rings (SSSR count). The summed E-state index contributed by atoms with van der Waals surface area (Å²) in [6.07, 6.45) is 0. The molecule has 42 heavy (non-hydrogen) atoms. The lowest BCUT2D eigenvalue weighted by molar-refractivity contribution is -0.165. The van der Waals surface area contributed by atoms with Gasteiger partial charge in [-0.3, -0.25) is 19.2 Å². The highest BCUT2D eigenvalue weighted by atomic mass is 31.2. The summed E-state index contributed by atoms with van der Waals surface area (Å²) in [6.45, 7) is 16.5. The van der Waals surface area contributed by atoms with Gasteiger partial charge >= 0.3 is 39.5 Å². The highest BCUT2D eigenvalue weighted by Crippen LogP contribution is 2.44. The van der Waals surface area contributed by atoms with E-state index in [0.717, 1.165) is 0 Å². The summed E-state index contributed by atoms with van der Waals surface area (Å²) in [5.41, 5.74) is -3.03. The Morgan fingerprint density at radius 3 is 0.690 bits per heavy atom. The van der Waals surface area contributed by atoms with Gasteiger partial charge in [0.25, 0.3) is 0 Å². The summed E-state index contributed by atoms with van der Waals surface area (Å²) in [6, 6.07) is 0. The largest absolute Gasteiger partial charge is 0.478 e. The molecule has 0 aromatic carbocycles. The minimum Gasteiger partial charge on any atom is -0.437 e. The Labute approximate surface area is 246 Å². The Balaban J connectivity index is 0. The van der Waals surface area contributed by atoms with E-state index >= 15 is 0 Å². The molecule has 0 saturated carbocycles. The van der Waals surface area contributed by atoms with Crippen LogP contribution in [0.25, 0.3) is 0 Å². The van der Waals surface area contributed by atoms with Gasteiger partial charge in [-0.15, -0.1) is 0 Å². The molecule has 0 heterocycles. The molecule has 0 aliphatic heterocycles. The van der Waals surface area contributed by atoms with Crippen LogP contribution < -0.4 is 0 Å². The molecule has 0 bridgehead atoms. The SMILES string of the molecule is CC(C)(C)C(=O)OCOP(=O)(O)OCOC(=O)C(C)(C)C.CC(C)(C)C(=O)OCOP(=O)(O)OCOC(=O)C(C)(C)C. The maximum atomic E-state index is 11.4. The van der Waals surface area contributed by atoms with Crippen molar-refractivity contribution in [2.45, 2.75) is 83.1 Å². The number of esters is 4. The van der Waals surface area contributed by atoms with Crippen LogP contribution in [0.5, 0.6) is 0 Å². The Hall–Kier alpha value is -1.90. The summed E-state index contributed by atoms with van der Waals surface area (Å²) in [4.78, 5) is 64.1. The lowest BCUT2D eigenvalue weighted by Gasteiger charge is -2.19. The second kappa shape index (κ2) is 16.8. The number of hydrogen-bond acceptors (Lipinski definition) is 14. The summed E-state index contributed by atoms with van der Waals surface area (Å²) in [5, 5.41) is 0. The van der Waals surface area contributed by atoms with Crippen molar-refractivity contribution in [2.24, 2.45) is 21.7 Å². The first kappa shape index (κ1) is 42.2.